The van der Waals surface area contributed by atoms with Crippen molar-refractivity contribution >= 4 is 5.91 Å². The number of likely N-dealkylation sites (tertiary alicyclic amines) is 1. The molecule has 3 fully saturated rings. The van der Waals surface area contributed by atoms with E-state index in [2.05, 4.69) is 10.2 Å². The SMILES string of the molecule is CC1OCCC1C(=O)N1CC2CCCNC2C1. The van der Waals surface area contributed by atoms with E-state index >= 15 is 0 Å². The number of nitrogens with one attached hydrogen (secondary N) is 1. The number of amides is 1. The average Bonchev–Trinajstić information content (AvgIpc) is 2.93. The molecule has 3 saturated heterocycles. The summed E-state index contributed by atoms with van der Waals surface area (Å²) in [6.45, 7) is 5.76. The Morgan fingerprint density at radius 2 is 2.24 bits per heavy atom. The van der Waals surface area contributed by atoms with Gasteiger partial charge >= 0.3 is 0 Å². The molecule has 0 saturated carbocycles. The van der Waals surface area contributed by atoms with Crippen molar-refractivity contribution in [3.8, 4) is 0 Å². The topological polar surface area (TPSA) is 41.6 Å². The first-order valence-electron chi connectivity index (χ1n) is 6.89. The third-order valence-corrected chi connectivity index (χ3v) is 4.60. The van der Waals surface area contributed by atoms with Crippen LogP contribution in [0.25, 0.3) is 0 Å². The average molecular weight is 238 g/mol. The molecule has 4 atom stereocenters. The largest absolute Gasteiger partial charge is 0.378 e. The van der Waals surface area contributed by atoms with Gasteiger partial charge in [0.25, 0.3) is 0 Å². The van der Waals surface area contributed by atoms with Crippen molar-refractivity contribution in [2.75, 3.05) is 26.2 Å². The van der Waals surface area contributed by atoms with Crippen LogP contribution in [0.1, 0.15) is 26.2 Å². The van der Waals surface area contributed by atoms with Crippen LogP contribution in [-0.4, -0.2) is 49.2 Å². The molecule has 0 bridgehead atoms. The molecular weight excluding hydrogens is 216 g/mol. The van der Waals surface area contributed by atoms with Gasteiger partial charge in [0.1, 0.15) is 0 Å². The molecule has 1 amide bonds. The smallest absolute Gasteiger partial charge is 0.228 e. The molecule has 4 nitrogen and oxygen atoms in total. The molecule has 4 heteroatoms. The molecule has 0 aromatic heterocycles. The Hall–Kier alpha value is -0.610. The fourth-order valence-corrected chi connectivity index (χ4v) is 3.52. The lowest BCUT2D eigenvalue weighted by Crippen LogP contribution is -2.42. The van der Waals surface area contributed by atoms with Gasteiger partial charge in [-0.15, -0.1) is 0 Å². The highest BCUT2D eigenvalue weighted by molar-refractivity contribution is 5.80. The fourth-order valence-electron chi connectivity index (χ4n) is 3.52. The number of piperidine rings is 1. The Balaban J connectivity index is 1.63. The summed E-state index contributed by atoms with van der Waals surface area (Å²) in [5.41, 5.74) is 0. The first kappa shape index (κ1) is 11.5. The summed E-state index contributed by atoms with van der Waals surface area (Å²) in [5.74, 6) is 1.12. The molecule has 0 spiro atoms. The van der Waals surface area contributed by atoms with Crippen molar-refractivity contribution in [2.24, 2.45) is 11.8 Å². The van der Waals surface area contributed by atoms with E-state index in [9.17, 15) is 4.79 Å². The molecule has 0 aliphatic carbocycles. The minimum atomic E-state index is 0.107. The molecular formula is C13H22N2O2. The number of carbonyl (C=O) groups excluding carboxylic acids is 1. The van der Waals surface area contributed by atoms with E-state index in [1.165, 1.54) is 12.8 Å². The van der Waals surface area contributed by atoms with Crippen LogP contribution < -0.4 is 5.32 Å². The number of hydrogen-bond donors (Lipinski definition) is 1. The highest BCUT2D eigenvalue weighted by Crippen LogP contribution is 2.29. The maximum Gasteiger partial charge on any atom is 0.228 e. The standard InChI is InChI=1S/C13H22N2O2/c1-9-11(4-6-17-9)13(16)15-7-10-3-2-5-14-12(10)8-15/h9-12,14H,2-8H2,1H3. The van der Waals surface area contributed by atoms with Crippen LogP contribution in [0, 0.1) is 11.8 Å². The second-order valence-electron chi connectivity index (χ2n) is 5.68. The fraction of sp³-hybridized carbons (Fsp3) is 0.923. The second-order valence-corrected chi connectivity index (χ2v) is 5.68. The number of carbonyl (C=O) groups is 1. The molecule has 96 valence electrons. The van der Waals surface area contributed by atoms with Gasteiger partial charge in [-0.3, -0.25) is 4.79 Å². The summed E-state index contributed by atoms with van der Waals surface area (Å²) < 4.78 is 5.50. The van der Waals surface area contributed by atoms with Crippen LogP contribution in [0.2, 0.25) is 0 Å². The van der Waals surface area contributed by atoms with Gasteiger partial charge in [0.05, 0.1) is 12.0 Å². The van der Waals surface area contributed by atoms with E-state index < -0.39 is 0 Å². The maximum absolute atomic E-state index is 12.4. The molecule has 1 N–H and O–H groups in total. The minimum absolute atomic E-state index is 0.107. The first-order valence-corrected chi connectivity index (χ1v) is 6.89. The lowest BCUT2D eigenvalue weighted by Gasteiger charge is -2.24. The quantitative estimate of drug-likeness (QED) is 0.728. The summed E-state index contributed by atoms with van der Waals surface area (Å²) in [7, 11) is 0. The van der Waals surface area contributed by atoms with Crippen LogP contribution in [0.15, 0.2) is 0 Å². The Morgan fingerprint density at radius 1 is 1.35 bits per heavy atom. The van der Waals surface area contributed by atoms with Gasteiger partial charge in [0.15, 0.2) is 0 Å². The van der Waals surface area contributed by atoms with Crippen LogP contribution in [0.3, 0.4) is 0 Å². The monoisotopic (exact) mass is 238 g/mol. The van der Waals surface area contributed by atoms with E-state index in [-0.39, 0.29) is 12.0 Å². The number of rotatable bonds is 1. The number of fused-ring (bicyclic) bond motifs is 1. The maximum atomic E-state index is 12.4. The van der Waals surface area contributed by atoms with Crippen LogP contribution in [0.5, 0.6) is 0 Å². The molecule has 4 unspecified atom stereocenters. The Kier molecular flexibility index (Phi) is 3.09. The predicted molar refractivity (Wildman–Crippen MR) is 64.6 cm³/mol. The van der Waals surface area contributed by atoms with Crippen molar-refractivity contribution in [3.05, 3.63) is 0 Å². The van der Waals surface area contributed by atoms with Gasteiger partial charge in [0, 0.05) is 25.7 Å². The molecule has 0 radical (unpaired) electrons. The Morgan fingerprint density at radius 3 is 2.94 bits per heavy atom. The summed E-state index contributed by atoms with van der Waals surface area (Å²) >= 11 is 0. The van der Waals surface area contributed by atoms with E-state index in [1.807, 2.05) is 6.92 Å². The molecule has 3 heterocycles. The molecule has 0 aromatic rings. The molecule has 3 aliphatic heterocycles. The van der Waals surface area contributed by atoms with Crippen molar-refractivity contribution < 1.29 is 9.53 Å². The highest BCUT2D eigenvalue weighted by Gasteiger charge is 2.40. The van der Waals surface area contributed by atoms with Gasteiger partial charge in [-0.1, -0.05) is 0 Å². The number of nitrogens with zero attached hydrogens (tertiary/aromatic N) is 1. The Bertz CT molecular complexity index is 294. The van der Waals surface area contributed by atoms with Crippen LogP contribution >= 0.6 is 0 Å². The lowest BCUT2D eigenvalue weighted by atomic mass is 9.94. The Labute approximate surface area is 103 Å². The van der Waals surface area contributed by atoms with Crippen molar-refractivity contribution in [1.29, 1.82) is 0 Å². The van der Waals surface area contributed by atoms with Gasteiger partial charge < -0.3 is 15.0 Å². The number of hydrogen-bond acceptors (Lipinski definition) is 3. The first-order chi connectivity index (χ1) is 8.25. The zero-order valence-corrected chi connectivity index (χ0v) is 10.5. The van der Waals surface area contributed by atoms with E-state index in [1.54, 1.807) is 0 Å². The van der Waals surface area contributed by atoms with Crippen molar-refractivity contribution in [1.82, 2.24) is 10.2 Å². The third kappa shape index (κ3) is 2.08. The molecule has 0 aromatic carbocycles. The summed E-state index contributed by atoms with van der Waals surface area (Å²) in [4.78, 5) is 14.5. The zero-order chi connectivity index (χ0) is 11.8. The highest BCUT2D eigenvalue weighted by atomic mass is 16.5. The van der Waals surface area contributed by atoms with Crippen LogP contribution in [0.4, 0.5) is 0 Å². The van der Waals surface area contributed by atoms with E-state index in [4.69, 9.17) is 4.74 Å². The minimum Gasteiger partial charge on any atom is -0.378 e. The normalized spacial score (nSPS) is 41.6. The summed E-state index contributed by atoms with van der Waals surface area (Å²) in [5, 5.41) is 3.54. The van der Waals surface area contributed by atoms with Crippen molar-refractivity contribution in [2.45, 2.75) is 38.3 Å². The third-order valence-electron chi connectivity index (χ3n) is 4.60. The van der Waals surface area contributed by atoms with Gasteiger partial charge in [-0.25, -0.2) is 0 Å². The lowest BCUT2D eigenvalue weighted by molar-refractivity contribution is -0.136. The van der Waals surface area contributed by atoms with Gasteiger partial charge in [-0.05, 0) is 38.6 Å². The summed E-state index contributed by atoms with van der Waals surface area (Å²) in [6, 6.07) is 0.547. The van der Waals surface area contributed by atoms with Crippen molar-refractivity contribution in [3.63, 3.8) is 0 Å². The van der Waals surface area contributed by atoms with Gasteiger partial charge in [-0.2, -0.15) is 0 Å². The molecule has 3 aliphatic rings. The van der Waals surface area contributed by atoms with Gasteiger partial charge in [0.2, 0.25) is 5.91 Å². The van der Waals surface area contributed by atoms with E-state index in [0.29, 0.717) is 17.9 Å². The summed E-state index contributed by atoms with van der Waals surface area (Å²) in [6.07, 6.45) is 3.54. The van der Waals surface area contributed by atoms with Crippen LogP contribution in [-0.2, 0) is 9.53 Å². The zero-order valence-electron chi connectivity index (χ0n) is 10.5. The predicted octanol–water partition coefficient (Wildman–Crippen LogP) is 0.622. The molecule has 17 heavy (non-hydrogen) atoms. The van der Waals surface area contributed by atoms with E-state index in [0.717, 1.165) is 32.7 Å². The molecule has 3 rings (SSSR count). The number of ether oxygens (including phenoxy) is 1. The second kappa shape index (κ2) is 4.58.